The number of hydrogen-bond donors (Lipinski definition) is 0. The summed E-state index contributed by atoms with van der Waals surface area (Å²) in [5.41, 5.74) is 1.13. The van der Waals surface area contributed by atoms with Gasteiger partial charge in [-0.3, -0.25) is 0 Å². The summed E-state index contributed by atoms with van der Waals surface area (Å²) in [5, 5.41) is 0. The highest BCUT2D eigenvalue weighted by atomic mass is 16.5. The summed E-state index contributed by atoms with van der Waals surface area (Å²) in [4.78, 5) is 3.96. The Hall–Kier alpha value is -1.05. The second-order valence-corrected chi connectivity index (χ2v) is 1.92. The van der Waals surface area contributed by atoms with E-state index in [-0.39, 0.29) is 0 Å². The second kappa shape index (κ2) is 3.20. The van der Waals surface area contributed by atoms with E-state index in [1.54, 1.807) is 13.3 Å². The number of methoxy groups -OCH3 is 1. The largest absolute Gasteiger partial charge is 0.481 e. The molecule has 2 heteroatoms. The van der Waals surface area contributed by atoms with E-state index in [4.69, 9.17) is 4.74 Å². The van der Waals surface area contributed by atoms with Crippen LogP contribution in [0.4, 0.5) is 0 Å². The van der Waals surface area contributed by atoms with Crippen LogP contribution in [0.25, 0.3) is 0 Å². The Balaban J connectivity index is 2.87. The molecule has 0 fully saturated rings. The summed E-state index contributed by atoms with van der Waals surface area (Å²) >= 11 is 0. The van der Waals surface area contributed by atoms with Gasteiger partial charge in [-0.1, -0.05) is 6.92 Å². The van der Waals surface area contributed by atoms with Crippen LogP contribution in [0.15, 0.2) is 18.3 Å². The van der Waals surface area contributed by atoms with Crippen LogP contribution in [0.3, 0.4) is 0 Å². The number of hydrogen-bond acceptors (Lipinski definition) is 2. The Bertz CT molecular complexity index is 191. The van der Waals surface area contributed by atoms with Gasteiger partial charge in [-0.25, -0.2) is 4.98 Å². The average Bonchev–Trinajstić information content (AvgIpc) is 2.05. The molecule has 0 saturated carbocycles. The Labute approximate surface area is 60.9 Å². The molecule has 53 valence electrons. The van der Waals surface area contributed by atoms with Gasteiger partial charge >= 0.3 is 0 Å². The quantitative estimate of drug-likeness (QED) is 0.616. The van der Waals surface area contributed by atoms with Gasteiger partial charge in [0.1, 0.15) is 0 Å². The maximum absolute atomic E-state index is 4.93. The average molecular weight is 136 g/mol. The molecule has 0 amide bonds. The van der Waals surface area contributed by atoms with Gasteiger partial charge in [-0.05, 0) is 18.1 Å². The molecule has 0 aliphatic rings. The summed E-state index contributed by atoms with van der Waals surface area (Å²) in [6, 6.07) is 3.82. The zero-order chi connectivity index (χ0) is 7.40. The van der Waals surface area contributed by atoms with Gasteiger partial charge in [0.25, 0.3) is 0 Å². The Kier molecular flexibility index (Phi) is 2.26. The third-order valence-corrected chi connectivity index (χ3v) is 1.30. The maximum atomic E-state index is 4.93. The number of nitrogens with zero attached hydrogens (tertiary/aromatic N) is 1. The molecule has 10 heavy (non-hydrogen) atoms. The molecule has 0 aliphatic heterocycles. The summed E-state index contributed by atoms with van der Waals surface area (Å²) in [5.74, 6) is 0.663. The van der Waals surface area contributed by atoms with Crippen molar-refractivity contribution in [3.05, 3.63) is 30.3 Å². The molecular weight excluding hydrogens is 126 g/mol. The first-order valence-corrected chi connectivity index (χ1v) is 3.16. The van der Waals surface area contributed by atoms with Crippen molar-refractivity contribution in [3.8, 4) is 5.88 Å². The first kappa shape index (κ1) is 7.06. The lowest BCUT2D eigenvalue weighted by Crippen LogP contribution is -1.87. The zero-order valence-electron chi connectivity index (χ0n) is 6.16. The highest BCUT2D eigenvalue weighted by Gasteiger charge is 1.92. The third kappa shape index (κ3) is 1.47. The summed E-state index contributed by atoms with van der Waals surface area (Å²) in [7, 11) is 1.61. The van der Waals surface area contributed by atoms with E-state index < -0.39 is 0 Å². The molecule has 0 aromatic carbocycles. The van der Waals surface area contributed by atoms with Crippen molar-refractivity contribution < 1.29 is 4.74 Å². The summed E-state index contributed by atoms with van der Waals surface area (Å²) in [6.07, 6.45) is 3.73. The molecule has 0 bridgehead atoms. The first-order valence-electron chi connectivity index (χ1n) is 3.16. The van der Waals surface area contributed by atoms with E-state index in [0.717, 1.165) is 5.56 Å². The SMILES string of the molecule is C[CH]c1ccnc(OC)c1. The van der Waals surface area contributed by atoms with Crippen LogP contribution < -0.4 is 4.74 Å². The molecule has 0 N–H and O–H groups in total. The zero-order valence-corrected chi connectivity index (χ0v) is 6.16. The van der Waals surface area contributed by atoms with Crippen LogP contribution in [-0.2, 0) is 0 Å². The third-order valence-electron chi connectivity index (χ3n) is 1.30. The van der Waals surface area contributed by atoms with Crippen LogP contribution in [0.1, 0.15) is 12.5 Å². The highest BCUT2D eigenvalue weighted by Crippen LogP contribution is 2.09. The van der Waals surface area contributed by atoms with E-state index in [1.165, 1.54) is 0 Å². The van der Waals surface area contributed by atoms with Gasteiger partial charge in [-0.15, -0.1) is 0 Å². The lowest BCUT2D eigenvalue weighted by atomic mass is 10.2. The van der Waals surface area contributed by atoms with Gasteiger partial charge in [0, 0.05) is 12.3 Å². The van der Waals surface area contributed by atoms with Crippen molar-refractivity contribution in [2.75, 3.05) is 7.11 Å². The van der Waals surface area contributed by atoms with Gasteiger partial charge in [0.05, 0.1) is 7.11 Å². The molecule has 1 aromatic heterocycles. The lowest BCUT2D eigenvalue weighted by molar-refractivity contribution is 0.397. The van der Waals surface area contributed by atoms with Crippen molar-refractivity contribution >= 4 is 0 Å². The van der Waals surface area contributed by atoms with E-state index in [0.29, 0.717) is 5.88 Å². The number of ether oxygens (including phenoxy) is 1. The minimum absolute atomic E-state index is 0.663. The molecule has 0 spiro atoms. The normalized spacial score (nSPS) is 9.40. The number of rotatable bonds is 2. The Morgan fingerprint density at radius 1 is 1.60 bits per heavy atom. The topological polar surface area (TPSA) is 22.1 Å². The molecule has 1 rings (SSSR count). The molecule has 1 radical (unpaired) electrons. The van der Waals surface area contributed by atoms with Crippen LogP contribution in [0.5, 0.6) is 5.88 Å². The Morgan fingerprint density at radius 2 is 2.40 bits per heavy atom. The standard InChI is InChI=1S/C8H10NO/c1-3-7-4-5-9-8(6-7)10-2/h3-6H,1-2H3. The lowest BCUT2D eigenvalue weighted by Gasteiger charge is -1.98. The van der Waals surface area contributed by atoms with Crippen LogP contribution >= 0.6 is 0 Å². The molecule has 1 aromatic rings. The van der Waals surface area contributed by atoms with Gasteiger partial charge in [0.15, 0.2) is 0 Å². The predicted molar refractivity (Wildman–Crippen MR) is 39.9 cm³/mol. The van der Waals surface area contributed by atoms with E-state index >= 15 is 0 Å². The van der Waals surface area contributed by atoms with Crippen LogP contribution in [0.2, 0.25) is 0 Å². The van der Waals surface area contributed by atoms with E-state index in [1.807, 2.05) is 25.5 Å². The smallest absolute Gasteiger partial charge is 0.213 e. The Morgan fingerprint density at radius 3 is 3.00 bits per heavy atom. The number of aromatic nitrogens is 1. The minimum atomic E-state index is 0.663. The van der Waals surface area contributed by atoms with Crippen molar-refractivity contribution in [3.63, 3.8) is 0 Å². The predicted octanol–water partition coefficient (Wildman–Crippen LogP) is 1.66. The van der Waals surface area contributed by atoms with Gasteiger partial charge in [-0.2, -0.15) is 0 Å². The minimum Gasteiger partial charge on any atom is -0.481 e. The fraction of sp³-hybridized carbons (Fsp3) is 0.250. The van der Waals surface area contributed by atoms with E-state index in [2.05, 4.69) is 4.98 Å². The van der Waals surface area contributed by atoms with Crippen molar-refractivity contribution in [1.82, 2.24) is 4.98 Å². The summed E-state index contributed by atoms with van der Waals surface area (Å²) < 4.78 is 4.93. The van der Waals surface area contributed by atoms with Crippen molar-refractivity contribution in [2.45, 2.75) is 6.92 Å². The van der Waals surface area contributed by atoms with Gasteiger partial charge < -0.3 is 4.74 Å². The fourth-order valence-electron chi connectivity index (χ4n) is 0.716. The van der Waals surface area contributed by atoms with Crippen molar-refractivity contribution in [2.24, 2.45) is 0 Å². The van der Waals surface area contributed by atoms with Crippen LogP contribution in [-0.4, -0.2) is 12.1 Å². The fourth-order valence-corrected chi connectivity index (χ4v) is 0.716. The molecule has 2 nitrogen and oxygen atoms in total. The summed E-state index contributed by atoms with van der Waals surface area (Å²) in [6.45, 7) is 1.98. The molecule has 0 atom stereocenters. The molecular formula is C8H10NO. The van der Waals surface area contributed by atoms with Crippen molar-refractivity contribution in [1.29, 1.82) is 0 Å². The van der Waals surface area contributed by atoms with Crippen LogP contribution in [0, 0.1) is 6.42 Å². The molecule has 0 aliphatic carbocycles. The molecule has 0 saturated heterocycles. The van der Waals surface area contributed by atoms with E-state index in [9.17, 15) is 0 Å². The maximum Gasteiger partial charge on any atom is 0.213 e. The highest BCUT2D eigenvalue weighted by molar-refractivity contribution is 5.25. The first-order chi connectivity index (χ1) is 4.86. The second-order valence-electron chi connectivity index (χ2n) is 1.92. The monoisotopic (exact) mass is 136 g/mol. The molecule has 0 unspecified atom stereocenters. The number of pyridine rings is 1. The van der Waals surface area contributed by atoms with Gasteiger partial charge in [0.2, 0.25) is 5.88 Å². The molecule has 1 heterocycles.